The van der Waals surface area contributed by atoms with Crippen molar-refractivity contribution in [3.8, 4) is 0 Å². The van der Waals surface area contributed by atoms with Gasteiger partial charge in [-0.3, -0.25) is 0 Å². The summed E-state index contributed by atoms with van der Waals surface area (Å²) in [6.07, 6.45) is 3.42. The van der Waals surface area contributed by atoms with Gasteiger partial charge in [0.1, 0.15) is 9.52 Å². The highest BCUT2D eigenvalue weighted by atomic mass is 127. The van der Waals surface area contributed by atoms with E-state index in [1.54, 1.807) is 12.4 Å². The van der Waals surface area contributed by atoms with Crippen molar-refractivity contribution in [1.29, 1.82) is 0 Å². The second-order valence-corrected chi connectivity index (χ2v) is 4.67. The lowest BCUT2D eigenvalue weighted by atomic mass is 10.1. The van der Waals surface area contributed by atoms with Gasteiger partial charge in [-0.15, -0.1) is 0 Å². The van der Waals surface area contributed by atoms with Crippen LogP contribution in [-0.4, -0.2) is 22.1 Å². The molecule has 0 aliphatic rings. The van der Waals surface area contributed by atoms with Crippen molar-refractivity contribution in [3.05, 3.63) is 16.1 Å². The van der Waals surface area contributed by atoms with Gasteiger partial charge in [-0.2, -0.15) is 0 Å². The van der Waals surface area contributed by atoms with E-state index in [0.717, 1.165) is 9.52 Å². The first-order chi connectivity index (χ1) is 5.97. The molecule has 1 rings (SSSR count). The summed E-state index contributed by atoms with van der Waals surface area (Å²) in [4.78, 5) is 8.25. The summed E-state index contributed by atoms with van der Waals surface area (Å²) in [5.41, 5.74) is 5.57. The lowest BCUT2D eigenvalue weighted by Crippen LogP contribution is -2.39. The lowest BCUT2D eigenvalue weighted by molar-refractivity contribution is 0.548. The van der Waals surface area contributed by atoms with Gasteiger partial charge in [0.2, 0.25) is 0 Å². The number of rotatable bonds is 3. The van der Waals surface area contributed by atoms with E-state index in [9.17, 15) is 0 Å². The van der Waals surface area contributed by atoms with Crippen molar-refractivity contribution >= 4 is 28.4 Å². The molecular formula is C8H13IN4. The lowest BCUT2D eigenvalue weighted by Gasteiger charge is -2.18. The van der Waals surface area contributed by atoms with Gasteiger partial charge in [-0.25, -0.2) is 9.97 Å². The van der Waals surface area contributed by atoms with Crippen LogP contribution in [-0.2, 0) is 0 Å². The van der Waals surface area contributed by atoms with Crippen molar-refractivity contribution in [1.82, 2.24) is 9.97 Å². The summed E-state index contributed by atoms with van der Waals surface area (Å²) in [5.74, 6) is 0.763. The number of nitrogens with one attached hydrogen (secondary N) is 1. The van der Waals surface area contributed by atoms with Crippen LogP contribution in [0, 0.1) is 3.70 Å². The maximum absolute atomic E-state index is 5.80. The van der Waals surface area contributed by atoms with Gasteiger partial charge in [-0.1, -0.05) is 0 Å². The topological polar surface area (TPSA) is 63.8 Å². The normalized spacial score (nSPS) is 11.4. The SMILES string of the molecule is CC(C)(N)CNc1cnc(I)cn1. The van der Waals surface area contributed by atoms with Gasteiger partial charge >= 0.3 is 0 Å². The second-order valence-electron chi connectivity index (χ2n) is 3.57. The highest BCUT2D eigenvalue weighted by molar-refractivity contribution is 14.1. The Labute approximate surface area is 91.5 Å². The van der Waals surface area contributed by atoms with Gasteiger partial charge in [0, 0.05) is 12.1 Å². The van der Waals surface area contributed by atoms with Gasteiger partial charge in [-0.05, 0) is 36.4 Å². The molecule has 0 radical (unpaired) electrons. The fourth-order valence-electron chi connectivity index (χ4n) is 0.722. The van der Waals surface area contributed by atoms with Crippen LogP contribution in [0.1, 0.15) is 13.8 Å². The van der Waals surface area contributed by atoms with Crippen LogP contribution in [0.4, 0.5) is 5.82 Å². The van der Waals surface area contributed by atoms with E-state index in [0.29, 0.717) is 6.54 Å². The highest BCUT2D eigenvalue weighted by Crippen LogP contribution is 2.04. The zero-order valence-corrected chi connectivity index (χ0v) is 9.87. The number of hydrogen-bond donors (Lipinski definition) is 2. The summed E-state index contributed by atoms with van der Waals surface area (Å²) in [6.45, 7) is 4.60. The molecule has 0 saturated carbocycles. The Morgan fingerprint density at radius 2 is 2.15 bits per heavy atom. The molecule has 0 aliphatic heterocycles. The van der Waals surface area contributed by atoms with Crippen LogP contribution in [0.5, 0.6) is 0 Å². The minimum atomic E-state index is -0.231. The zero-order valence-electron chi connectivity index (χ0n) is 7.71. The standard InChI is InChI=1S/C8H13IN4/c1-8(2,10)5-13-7-4-11-6(9)3-12-7/h3-4H,5,10H2,1-2H3,(H,12,13). The Morgan fingerprint density at radius 1 is 1.46 bits per heavy atom. The van der Waals surface area contributed by atoms with Crippen molar-refractivity contribution in [3.63, 3.8) is 0 Å². The Morgan fingerprint density at radius 3 is 2.62 bits per heavy atom. The summed E-state index contributed by atoms with van der Waals surface area (Å²) in [7, 11) is 0. The number of halogens is 1. The first-order valence-corrected chi connectivity index (χ1v) is 5.05. The quantitative estimate of drug-likeness (QED) is 0.823. The Kier molecular flexibility index (Phi) is 3.43. The molecule has 0 amide bonds. The maximum atomic E-state index is 5.80. The zero-order chi connectivity index (χ0) is 9.90. The van der Waals surface area contributed by atoms with Crippen LogP contribution in [0.2, 0.25) is 0 Å². The largest absolute Gasteiger partial charge is 0.367 e. The third-order valence-electron chi connectivity index (χ3n) is 1.35. The molecule has 0 unspecified atom stereocenters. The van der Waals surface area contributed by atoms with Crippen molar-refractivity contribution in [2.24, 2.45) is 5.73 Å². The van der Waals surface area contributed by atoms with Crippen LogP contribution in [0.25, 0.3) is 0 Å². The fourth-order valence-corrected chi connectivity index (χ4v) is 1.00. The molecule has 0 saturated heterocycles. The molecule has 4 nitrogen and oxygen atoms in total. The predicted octanol–water partition coefficient (Wildman–Crippen LogP) is 1.23. The smallest absolute Gasteiger partial charge is 0.144 e. The van der Waals surface area contributed by atoms with E-state index in [4.69, 9.17) is 5.73 Å². The molecule has 0 aromatic carbocycles. The fraction of sp³-hybridized carbons (Fsp3) is 0.500. The van der Waals surface area contributed by atoms with Crippen LogP contribution in [0.3, 0.4) is 0 Å². The third-order valence-corrected chi connectivity index (χ3v) is 1.90. The van der Waals surface area contributed by atoms with E-state index in [-0.39, 0.29) is 5.54 Å². The summed E-state index contributed by atoms with van der Waals surface area (Å²) < 4.78 is 0.884. The van der Waals surface area contributed by atoms with Crippen LogP contribution in [0.15, 0.2) is 12.4 Å². The first kappa shape index (κ1) is 10.6. The number of anilines is 1. The Hall–Kier alpha value is -0.430. The number of hydrogen-bond acceptors (Lipinski definition) is 4. The van der Waals surface area contributed by atoms with Crippen molar-refractivity contribution < 1.29 is 0 Å². The van der Waals surface area contributed by atoms with E-state index >= 15 is 0 Å². The van der Waals surface area contributed by atoms with Gasteiger partial charge in [0.05, 0.1) is 12.4 Å². The van der Waals surface area contributed by atoms with Crippen LogP contribution < -0.4 is 11.1 Å². The second kappa shape index (κ2) is 4.19. The third kappa shape index (κ3) is 4.37. The maximum Gasteiger partial charge on any atom is 0.144 e. The highest BCUT2D eigenvalue weighted by Gasteiger charge is 2.09. The van der Waals surface area contributed by atoms with E-state index in [2.05, 4.69) is 37.9 Å². The molecule has 72 valence electrons. The molecule has 0 fully saturated rings. The van der Waals surface area contributed by atoms with Crippen LogP contribution >= 0.6 is 22.6 Å². The molecule has 1 aromatic rings. The van der Waals surface area contributed by atoms with E-state index in [1.165, 1.54) is 0 Å². The van der Waals surface area contributed by atoms with Gasteiger partial charge in [0.25, 0.3) is 0 Å². The molecule has 5 heteroatoms. The summed E-state index contributed by atoms with van der Waals surface area (Å²) >= 11 is 2.11. The molecule has 0 aliphatic carbocycles. The Balaban J connectivity index is 2.51. The molecular weight excluding hydrogens is 279 g/mol. The average molecular weight is 292 g/mol. The average Bonchev–Trinajstić information content (AvgIpc) is 2.02. The number of aromatic nitrogens is 2. The number of nitrogens with two attached hydrogens (primary N) is 1. The van der Waals surface area contributed by atoms with Gasteiger partial charge < -0.3 is 11.1 Å². The van der Waals surface area contributed by atoms with Crippen molar-refractivity contribution in [2.75, 3.05) is 11.9 Å². The molecule has 0 bridgehead atoms. The minimum Gasteiger partial charge on any atom is -0.367 e. The van der Waals surface area contributed by atoms with Crippen molar-refractivity contribution in [2.45, 2.75) is 19.4 Å². The monoisotopic (exact) mass is 292 g/mol. The van der Waals surface area contributed by atoms with E-state index in [1.807, 2.05) is 13.8 Å². The predicted molar refractivity (Wildman–Crippen MR) is 61.5 cm³/mol. The molecule has 3 N–H and O–H groups in total. The summed E-state index contributed by atoms with van der Waals surface area (Å²) in [5, 5.41) is 3.11. The first-order valence-electron chi connectivity index (χ1n) is 3.98. The molecule has 0 atom stereocenters. The van der Waals surface area contributed by atoms with E-state index < -0.39 is 0 Å². The summed E-state index contributed by atoms with van der Waals surface area (Å²) in [6, 6.07) is 0. The minimum absolute atomic E-state index is 0.231. The molecule has 13 heavy (non-hydrogen) atoms. The molecule has 0 spiro atoms. The van der Waals surface area contributed by atoms with Gasteiger partial charge in [0.15, 0.2) is 0 Å². The Bertz CT molecular complexity index is 264. The molecule has 1 heterocycles. The number of nitrogens with zero attached hydrogens (tertiary/aromatic N) is 2. The molecule has 1 aromatic heterocycles.